The predicted molar refractivity (Wildman–Crippen MR) is 115 cm³/mol. The van der Waals surface area contributed by atoms with E-state index in [4.69, 9.17) is 4.74 Å². The van der Waals surface area contributed by atoms with Gasteiger partial charge in [-0.2, -0.15) is 0 Å². The van der Waals surface area contributed by atoms with Gasteiger partial charge in [0.15, 0.2) is 0 Å². The number of unbranched alkanes of at least 4 members (excludes halogenated alkanes) is 15. The van der Waals surface area contributed by atoms with Gasteiger partial charge in [-0.1, -0.05) is 110 Å². The van der Waals surface area contributed by atoms with Crippen molar-refractivity contribution in [1.29, 1.82) is 0 Å². The first-order valence-corrected chi connectivity index (χ1v) is 11.9. The molecule has 0 heterocycles. The molecule has 0 N–H and O–H groups in total. The van der Waals surface area contributed by atoms with Gasteiger partial charge in [0.05, 0.1) is 6.10 Å². The summed E-state index contributed by atoms with van der Waals surface area (Å²) in [6.45, 7) is 6.53. The van der Waals surface area contributed by atoms with Crippen LogP contribution in [-0.4, -0.2) is 12.1 Å². The third-order valence-corrected chi connectivity index (χ3v) is 5.28. The molecule has 156 valence electrons. The Kier molecular flexibility index (Phi) is 20.4. The summed E-state index contributed by atoms with van der Waals surface area (Å²) in [5.74, 6) is 0.0102. The third-order valence-electron chi connectivity index (χ3n) is 5.28. The van der Waals surface area contributed by atoms with Gasteiger partial charge in [-0.3, -0.25) is 4.79 Å². The summed E-state index contributed by atoms with van der Waals surface area (Å²) in [6, 6.07) is 0. The standard InChI is InChI=1S/C24H48O2/c1-4-6-8-10-11-12-13-14-15-16-17-18-20-22-24(25)26-23(3)21-19-9-7-5-2/h23H,4-22H2,1-3H3/t23-/m0/s1. The molecule has 2 nitrogen and oxygen atoms in total. The van der Waals surface area contributed by atoms with Crippen LogP contribution >= 0.6 is 0 Å². The van der Waals surface area contributed by atoms with E-state index in [1.54, 1.807) is 0 Å². The molecule has 0 saturated carbocycles. The van der Waals surface area contributed by atoms with Gasteiger partial charge < -0.3 is 4.74 Å². The molecule has 26 heavy (non-hydrogen) atoms. The zero-order chi connectivity index (χ0) is 19.3. The highest BCUT2D eigenvalue weighted by molar-refractivity contribution is 5.69. The van der Waals surface area contributed by atoms with Crippen LogP contribution in [0.15, 0.2) is 0 Å². The van der Waals surface area contributed by atoms with Gasteiger partial charge >= 0.3 is 5.97 Å². The second-order valence-electron chi connectivity index (χ2n) is 8.14. The monoisotopic (exact) mass is 368 g/mol. The van der Waals surface area contributed by atoms with Gasteiger partial charge in [-0.15, -0.1) is 0 Å². The van der Waals surface area contributed by atoms with Gasteiger partial charge in [-0.25, -0.2) is 0 Å². The van der Waals surface area contributed by atoms with Gasteiger partial charge in [0.2, 0.25) is 0 Å². The van der Waals surface area contributed by atoms with E-state index < -0.39 is 0 Å². The van der Waals surface area contributed by atoms with Crippen LogP contribution in [0.5, 0.6) is 0 Å². The van der Waals surface area contributed by atoms with Crippen LogP contribution in [-0.2, 0) is 9.53 Å². The average molecular weight is 369 g/mol. The lowest BCUT2D eigenvalue weighted by Gasteiger charge is -2.13. The first-order valence-electron chi connectivity index (χ1n) is 11.9. The van der Waals surface area contributed by atoms with Gasteiger partial charge in [0.25, 0.3) is 0 Å². The molecule has 0 rings (SSSR count). The number of carbonyl (C=O) groups is 1. The maximum absolute atomic E-state index is 11.8. The van der Waals surface area contributed by atoms with Crippen molar-refractivity contribution in [2.45, 2.75) is 149 Å². The molecule has 2 heteroatoms. The lowest BCUT2D eigenvalue weighted by atomic mass is 10.0. The van der Waals surface area contributed by atoms with Crippen molar-refractivity contribution >= 4 is 5.97 Å². The second kappa shape index (κ2) is 20.8. The zero-order valence-electron chi connectivity index (χ0n) is 18.3. The molecule has 0 amide bonds. The number of hydrogen-bond donors (Lipinski definition) is 0. The highest BCUT2D eigenvalue weighted by Crippen LogP contribution is 2.14. The lowest BCUT2D eigenvalue weighted by Crippen LogP contribution is -2.14. The molecule has 0 aliphatic carbocycles. The fourth-order valence-electron chi connectivity index (χ4n) is 3.49. The fraction of sp³-hybridized carbons (Fsp3) is 0.958. The maximum Gasteiger partial charge on any atom is 0.306 e. The minimum absolute atomic E-state index is 0.0102. The molecule has 0 fully saturated rings. The van der Waals surface area contributed by atoms with Crippen LogP contribution in [0.3, 0.4) is 0 Å². The van der Waals surface area contributed by atoms with Crippen LogP contribution in [0.4, 0.5) is 0 Å². The Morgan fingerprint density at radius 1 is 0.615 bits per heavy atom. The van der Waals surface area contributed by atoms with Crippen molar-refractivity contribution in [3.8, 4) is 0 Å². The first kappa shape index (κ1) is 25.5. The molecule has 0 radical (unpaired) electrons. The van der Waals surface area contributed by atoms with Crippen molar-refractivity contribution in [2.75, 3.05) is 0 Å². The normalized spacial score (nSPS) is 12.3. The molecule has 0 aromatic heterocycles. The summed E-state index contributed by atoms with van der Waals surface area (Å²) < 4.78 is 5.50. The van der Waals surface area contributed by atoms with E-state index in [0.29, 0.717) is 6.42 Å². The van der Waals surface area contributed by atoms with Crippen LogP contribution < -0.4 is 0 Å². The van der Waals surface area contributed by atoms with E-state index in [1.165, 1.54) is 103 Å². The first-order chi connectivity index (χ1) is 12.7. The summed E-state index contributed by atoms with van der Waals surface area (Å²) in [5, 5.41) is 0. The molecule has 0 aliphatic heterocycles. The Bertz CT molecular complexity index is 288. The maximum atomic E-state index is 11.8. The zero-order valence-corrected chi connectivity index (χ0v) is 18.3. The highest BCUT2D eigenvalue weighted by Gasteiger charge is 2.08. The Balaban J connectivity index is 3.25. The van der Waals surface area contributed by atoms with E-state index in [0.717, 1.165) is 12.8 Å². The molecule has 0 bridgehead atoms. The van der Waals surface area contributed by atoms with Gasteiger partial charge in [-0.05, 0) is 26.2 Å². The number of hydrogen-bond acceptors (Lipinski definition) is 2. The second-order valence-corrected chi connectivity index (χ2v) is 8.14. The summed E-state index contributed by atoms with van der Waals surface area (Å²) in [7, 11) is 0. The van der Waals surface area contributed by atoms with Crippen molar-refractivity contribution < 1.29 is 9.53 Å². The van der Waals surface area contributed by atoms with Gasteiger partial charge in [0.1, 0.15) is 0 Å². The smallest absolute Gasteiger partial charge is 0.306 e. The fourth-order valence-corrected chi connectivity index (χ4v) is 3.49. The highest BCUT2D eigenvalue weighted by atomic mass is 16.5. The van der Waals surface area contributed by atoms with Gasteiger partial charge in [0, 0.05) is 6.42 Å². The largest absolute Gasteiger partial charge is 0.463 e. The topological polar surface area (TPSA) is 26.3 Å². The van der Waals surface area contributed by atoms with Crippen molar-refractivity contribution in [3.05, 3.63) is 0 Å². The number of carbonyl (C=O) groups excluding carboxylic acids is 1. The molecule has 0 spiro atoms. The van der Waals surface area contributed by atoms with Crippen LogP contribution in [0.25, 0.3) is 0 Å². The Morgan fingerprint density at radius 3 is 1.46 bits per heavy atom. The minimum Gasteiger partial charge on any atom is -0.463 e. The summed E-state index contributed by atoms with van der Waals surface area (Å²) in [5.41, 5.74) is 0. The Hall–Kier alpha value is -0.530. The Morgan fingerprint density at radius 2 is 1.00 bits per heavy atom. The van der Waals surface area contributed by atoms with E-state index in [1.807, 2.05) is 6.92 Å². The molecule has 1 atom stereocenters. The average Bonchev–Trinajstić information content (AvgIpc) is 2.62. The third kappa shape index (κ3) is 19.8. The van der Waals surface area contributed by atoms with E-state index in [-0.39, 0.29) is 12.1 Å². The Labute approximate surface area is 164 Å². The number of ether oxygens (including phenoxy) is 1. The molecule has 0 aromatic carbocycles. The van der Waals surface area contributed by atoms with Crippen LogP contribution in [0.2, 0.25) is 0 Å². The van der Waals surface area contributed by atoms with E-state index >= 15 is 0 Å². The summed E-state index contributed by atoms with van der Waals surface area (Å²) >= 11 is 0. The molecule has 0 aromatic rings. The van der Waals surface area contributed by atoms with Crippen LogP contribution in [0.1, 0.15) is 143 Å². The molecule has 0 saturated heterocycles. The molecular weight excluding hydrogens is 320 g/mol. The minimum atomic E-state index is 0.0102. The lowest BCUT2D eigenvalue weighted by molar-refractivity contribution is -0.148. The van der Waals surface area contributed by atoms with Crippen molar-refractivity contribution in [1.82, 2.24) is 0 Å². The van der Waals surface area contributed by atoms with Crippen molar-refractivity contribution in [3.63, 3.8) is 0 Å². The molecule has 0 aliphatic rings. The quantitative estimate of drug-likeness (QED) is 0.159. The number of esters is 1. The number of rotatable bonds is 20. The SMILES string of the molecule is CCCCCCCCCCCCCCCC(=O)O[C@@H](C)CCCCCC. The predicted octanol–water partition coefficient (Wildman–Crippen LogP) is 8.37. The van der Waals surface area contributed by atoms with E-state index in [9.17, 15) is 4.79 Å². The van der Waals surface area contributed by atoms with Crippen molar-refractivity contribution in [2.24, 2.45) is 0 Å². The molecule has 0 unspecified atom stereocenters. The van der Waals surface area contributed by atoms with E-state index in [2.05, 4.69) is 13.8 Å². The molecular formula is C24H48O2. The summed E-state index contributed by atoms with van der Waals surface area (Å²) in [4.78, 5) is 11.8. The summed E-state index contributed by atoms with van der Waals surface area (Å²) in [6.07, 6.45) is 24.1. The van der Waals surface area contributed by atoms with Crippen LogP contribution in [0, 0.1) is 0 Å².